The van der Waals surface area contributed by atoms with Crippen molar-refractivity contribution in [3.63, 3.8) is 0 Å². The van der Waals surface area contributed by atoms with Crippen LogP contribution in [0.2, 0.25) is 0 Å². The highest BCUT2D eigenvalue weighted by molar-refractivity contribution is 14.0. The van der Waals surface area contributed by atoms with Gasteiger partial charge in [-0.15, -0.1) is 48.0 Å². The molecule has 0 aliphatic carbocycles. The molecule has 0 aromatic rings. The van der Waals surface area contributed by atoms with Crippen LogP contribution in [0.25, 0.3) is 0 Å². The van der Waals surface area contributed by atoms with Crippen molar-refractivity contribution >= 4 is 62.5 Å². The molecule has 80 valence electrons. The molecule has 12 heteroatoms. The van der Waals surface area contributed by atoms with Gasteiger partial charge in [-0.05, 0) is 0 Å². The van der Waals surface area contributed by atoms with E-state index in [2.05, 4.69) is 0 Å². The molecule has 0 aromatic heterocycles. The Kier molecular flexibility index (Phi) is 16.6. The third-order valence-electron chi connectivity index (χ3n) is 0. The van der Waals surface area contributed by atoms with Crippen LogP contribution in [-0.4, -0.2) is 14.5 Å². The summed E-state index contributed by atoms with van der Waals surface area (Å²) in [5, 5.41) is 0. The molecule has 0 bridgehead atoms. The molecule has 0 nitrogen and oxygen atoms in total. The number of hydrogen-bond donors (Lipinski definition) is 0. The lowest BCUT2D eigenvalue weighted by Crippen LogP contribution is -2.02. The summed E-state index contributed by atoms with van der Waals surface area (Å²) < 4.78 is 78.0. The van der Waals surface area contributed by atoms with Crippen molar-refractivity contribution in [2.75, 3.05) is 0 Å². The van der Waals surface area contributed by atoms with Crippen LogP contribution in [0, 0.1) is 0 Å². The molecule has 0 aliphatic heterocycles. The van der Waals surface area contributed by atoms with E-state index in [0.29, 0.717) is 0 Å². The molecule has 0 radical (unpaired) electrons. The normalized spacial score (nSPS) is 10.0. The van der Waals surface area contributed by atoms with E-state index in [1.165, 1.54) is 0 Å². The van der Waals surface area contributed by atoms with Gasteiger partial charge in [0.25, 0.3) is 0 Å². The smallest absolute Gasteiger partial charge is 0.418 e. The molecule has 12 heavy (non-hydrogen) atoms. The third kappa shape index (κ3) is 1050. The molecular formula is H2B2F8I2-2. The van der Waals surface area contributed by atoms with Crippen molar-refractivity contribution < 1.29 is 34.5 Å². The summed E-state index contributed by atoms with van der Waals surface area (Å²) in [6, 6.07) is 0. The van der Waals surface area contributed by atoms with Crippen LogP contribution in [0.5, 0.6) is 0 Å². The lowest BCUT2D eigenvalue weighted by atomic mass is 10.3. The molecule has 0 amide bonds. The van der Waals surface area contributed by atoms with Gasteiger partial charge in [-0.2, -0.15) is 0 Å². The Bertz CT molecular complexity index is 58.0. The highest BCUT2D eigenvalue weighted by Crippen LogP contribution is 2.07. The van der Waals surface area contributed by atoms with E-state index in [9.17, 15) is 34.5 Å². The van der Waals surface area contributed by atoms with Gasteiger partial charge in [-0.1, -0.05) is 0 Å². The van der Waals surface area contributed by atoms with E-state index in [-0.39, 0.29) is 48.0 Å². The van der Waals surface area contributed by atoms with Crippen LogP contribution in [-0.2, 0) is 0 Å². The van der Waals surface area contributed by atoms with Gasteiger partial charge < -0.3 is 34.5 Å². The summed E-state index contributed by atoms with van der Waals surface area (Å²) in [6.07, 6.45) is 0. The minimum atomic E-state index is -6.00. The van der Waals surface area contributed by atoms with Crippen molar-refractivity contribution in [2.24, 2.45) is 0 Å². The van der Waals surface area contributed by atoms with Crippen LogP contribution in [0.1, 0.15) is 0 Å². The first-order valence-corrected chi connectivity index (χ1v) is 1.75. The first-order chi connectivity index (χ1) is 4.00. The molecule has 0 spiro atoms. The lowest BCUT2D eigenvalue weighted by molar-refractivity contribution is 0.366. The first-order valence-electron chi connectivity index (χ1n) is 1.75. The zero-order chi connectivity index (χ0) is 9.00. The Morgan fingerprint density at radius 3 is 0.417 bits per heavy atom. The van der Waals surface area contributed by atoms with Crippen LogP contribution >= 0.6 is 48.0 Å². The molecule has 0 saturated heterocycles. The van der Waals surface area contributed by atoms with E-state index < -0.39 is 14.5 Å². The summed E-state index contributed by atoms with van der Waals surface area (Å²) in [4.78, 5) is 0. The maximum Gasteiger partial charge on any atom is 0.673 e. The zero-order valence-corrected chi connectivity index (χ0v) is 9.66. The summed E-state index contributed by atoms with van der Waals surface area (Å²) in [7, 11) is -12.0. The third-order valence-corrected chi connectivity index (χ3v) is 0. The Morgan fingerprint density at radius 2 is 0.417 bits per heavy atom. The predicted octanol–water partition coefficient (Wildman–Crippen LogP) is 3.84. The van der Waals surface area contributed by atoms with Crippen LogP contribution in [0.15, 0.2) is 0 Å². The SMILES string of the molecule is F[B-](F)(F)F.F[B-](F)(F)F.I.I. The molecule has 0 aromatic carbocycles. The van der Waals surface area contributed by atoms with Crippen LogP contribution < -0.4 is 0 Å². The average Bonchev–Trinajstić information content (AvgIpc) is 1.12. The lowest BCUT2D eigenvalue weighted by Gasteiger charge is -1.94. The van der Waals surface area contributed by atoms with Crippen molar-refractivity contribution in [3.8, 4) is 0 Å². The highest BCUT2D eigenvalue weighted by Gasteiger charge is 2.21. The summed E-state index contributed by atoms with van der Waals surface area (Å²) in [6.45, 7) is 0. The van der Waals surface area contributed by atoms with Crippen molar-refractivity contribution in [1.82, 2.24) is 0 Å². The van der Waals surface area contributed by atoms with Gasteiger partial charge in [-0.3, -0.25) is 0 Å². The van der Waals surface area contributed by atoms with Gasteiger partial charge in [-0.25, -0.2) is 0 Å². The number of halogens is 10. The topological polar surface area (TPSA) is 0 Å². The van der Waals surface area contributed by atoms with E-state index in [1.54, 1.807) is 0 Å². The minimum absolute atomic E-state index is 0. The number of rotatable bonds is 0. The maximum absolute atomic E-state index is 9.75. The van der Waals surface area contributed by atoms with Crippen LogP contribution in [0.4, 0.5) is 34.5 Å². The van der Waals surface area contributed by atoms with Gasteiger partial charge >= 0.3 is 14.5 Å². The van der Waals surface area contributed by atoms with Gasteiger partial charge in [0.15, 0.2) is 0 Å². The maximum atomic E-state index is 9.75. The van der Waals surface area contributed by atoms with Gasteiger partial charge in [0.05, 0.1) is 0 Å². The molecule has 0 heterocycles. The van der Waals surface area contributed by atoms with Crippen molar-refractivity contribution in [1.29, 1.82) is 0 Å². The Labute approximate surface area is 96.7 Å². The average molecular weight is 429 g/mol. The summed E-state index contributed by atoms with van der Waals surface area (Å²) in [5.41, 5.74) is 0. The molecule has 0 unspecified atom stereocenters. The molecule has 0 rings (SSSR count). The second-order valence-electron chi connectivity index (χ2n) is 0.990. The van der Waals surface area contributed by atoms with E-state index in [1.807, 2.05) is 0 Å². The second-order valence-corrected chi connectivity index (χ2v) is 0.990. The number of hydrogen-bond acceptors (Lipinski definition) is 0. The van der Waals surface area contributed by atoms with Gasteiger partial charge in [0.1, 0.15) is 0 Å². The molecule has 0 saturated carbocycles. The standard InChI is InChI=1S/2BF4.2HI/c2*2-1(3,4)5;;/h;;2*1H/q2*-1;;. The van der Waals surface area contributed by atoms with Gasteiger partial charge in [0.2, 0.25) is 0 Å². The first kappa shape index (κ1) is 23.1. The van der Waals surface area contributed by atoms with Crippen LogP contribution in [0.3, 0.4) is 0 Å². The van der Waals surface area contributed by atoms with Gasteiger partial charge in [0, 0.05) is 0 Å². The quantitative estimate of drug-likeness (QED) is 0.312. The monoisotopic (exact) mass is 430 g/mol. The summed E-state index contributed by atoms with van der Waals surface area (Å²) >= 11 is 0. The highest BCUT2D eigenvalue weighted by atomic mass is 127. The molecule has 0 fully saturated rings. The second kappa shape index (κ2) is 8.62. The van der Waals surface area contributed by atoms with E-state index in [4.69, 9.17) is 0 Å². The molecular weight excluding hydrogens is 427 g/mol. The molecule has 0 aliphatic rings. The fraction of sp³-hybridized carbons (Fsp3) is 0. The minimum Gasteiger partial charge on any atom is -0.418 e. The summed E-state index contributed by atoms with van der Waals surface area (Å²) in [5.74, 6) is 0. The predicted molar refractivity (Wildman–Crippen MR) is 51.2 cm³/mol. The largest absolute Gasteiger partial charge is 0.673 e. The Balaban J connectivity index is -0.0000000457. The molecule has 0 N–H and O–H groups in total. The van der Waals surface area contributed by atoms with Crippen molar-refractivity contribution in [2.45, 2.75) is 0 Å². The zero-order valence-electron chi connectivity index (χ0n) is 4.99. The fourth-order valence-corrected chi connectivity index (χ4v) is 0. The van der Waals surface area contributed by atoms with E-state index >= 15 is 0 Å². The Morgan fingerprint density at radius 1 is 0.417 bits per heavy atom. The fourth-order valence-electron chi connectivity index (χ4n) is 0. The molecule has 0 atom stereocenters. The van der Waals surface area contributed by atoms with Crippen molar-refractivity contribution in [3.05, 3.63) is 0 Å². The Hall–Kier alpha value is 1.03. The van der Waals surface area contributed by atoms with E-state index in [0.717, 1.165) is 0 Å².